The molecule has 9 heteroatoms. The third-order valence-corrected chi connectivity index (χ3v) is 4.11. The van der Waals surface area contributed by atoms with Crippen LogP contribution in [-0.2, 0) is 19.6 Å². The van der Waals surface area contributed by atoms with E-state index < -0.39 is 32.8 Å². The van der Waals surface area contributed by atoms with Crippen molar-refractivity contribution in [1.82, 2.24) is 3.94 Å². The van der Waals surface area contributed by atoms with E-state index in [0.29, 0.717) is 0 Å². The van der Waals surface area contributed by atoms with Crippen LogP contribution in [0.4, 0.5) is 0 Å². The first-order chi connectivity index (χ1) is 7.78. The molecule has 108 valence electrons. The number of rotatable bonds is 6. The molecule has 0 aliphatic carbocycles. The minimum atomic E-state index is -4.26. The van der Waals surface area contributed by atoms with Crippen LogP contribution in [0, 0.1) is 5.41 Å². The fraction of sp³-hybridized carbons (Fsp3) is 0.889. The highest BCUT2D eigenvalue weighted by Gasteiger charge is 2.36. The van der Waals surface area contributed by atoms with Gasteiger partial charge in [0.05, 0.1) is 16.7 Å². The first-order valence-electron chi connectivity index (χ1n) is 5.02. The second kappa shape index (κ2) is 5.92. The van der Waals surface area contributed by atoms with Crippen molar-refractivity contribution in [3.05, 3.63) is 0 Å². The molecule has 0 unspecified atom stereocenters. The van der Waals surface area contributed by atoms with Gasteiger partial charge in [0.15, 0.2) is 0 Å². The number of carbonyl (C=O) groups excluding carboxylic acids is 1. The zero-order chi connectivity index (χ0) is 14.8. The Balaban J connectivity index is 4.60. The fourth-order valence-electron chi connectivity index (χ4n) is 1.00. The Kier molecular flexibility index (Phi) is 5.89. The second-order valence-corrected chi connectivity index (χ2v) is 7.53. The van der Waals surface area contributed by atoms with E-state index in [9.17, 15) is 13.2 Å². The van der Waals surface area contributed by atoms with Gasteiger partial charge in [-0.3, -0.25) is 9.35 Å². The molecule has 0 bridgehead atoms. The fourth-order valence-corrected chi connectivity index (χ4v) is 2.13. The number of nitrogens with zero attached hydrogens (tertiary/aromatic N) is 1. The number of hydrogen-bond acceptors (Lipinski definition) is 5. The maximum absolute atomic E-state index is 11.7. The van der Waals surface area contributed by atoms with Gasteiger partial charge >= 0.3 is 5.97 Å². The number of hydrogen-bond donors (Lipinski definition) is 1. The van der Waals surface area contributed by atoms with Crippen LogP contribution in [0.3, 0.4) is 0 Å². The third-order valence-electron chi connectivity index (χ3n) is 2.11. The topological polar surface area (TPSA) is 83.9 Å². The summed E-state index contributed by atoms with van der Waals surface area (Å²) in [6.45, 7) is 5.87. The van der Waals surface area contributed by atoms with Crippen molar-refractivity contribution < 1.29 is 22.5 Å². The molecule has 1 N–H and O–H groups in total. The normalized spacial score (nSPS) is 13.8. The Labute approximate surface area is 117 Å². The quantitative estimate of drug-likeness (QED) is 0.456. The molecular formula is C9H17Cl2NO5S. The van der Waals surface area contributed by atoms with E-state index in [1.807, 2.05) is 0 Å². The average Bonchev–Trinajstić information content (AvgIpc) is 2.09. The molecule has 6 nitrogen and oxygen atoms in total. The van der Waals surface area contributed by atoms with Crippen molar-refractivity contribution in [2.75, 3.05) is 12.4 Å². The van der Waals surface area contributed by atoms with E-state index in [1.54, 1.807) is 13.8 Å². The highest BCUT2D eigenvalue weighted by molar-refractivity contribution is 7.85. The van der Waals surface area contributed by atoms with Crippen LogP contribution in [0.15, 0.2) is 0 Å². The molecule has 0 aromatic rings. The Morgan fingerprint density at radius 2 is 1.72 bits per heavy atom. The van der Waals surface area contributed by atoms with E-state index >= 15 is 0 Å². The van der Waals surface area contributed by atoms with Crippen LogP contribution < -0.4 is 0 Å². The molecule has 0 atom stereocenters. The summed E-state index contributed by atoms with van der Waals surface area (Å²) in [6.07, 6.45) is 0. The molecule has 0 spiro atoms. The molecule has 0 aliphatic rings. The molecule has 0 fully saturated rings. The van der Waals surface area contributed by atoms with Gasteiger partial charge in [0.2, 0.25) is 0 Å². The highest BCUT2D eigenvalue weighted by atomic mass is 35.5. The van der Waals surface area contributed by atoms with Crippen LogP contribution in [0.2, 0.25) is 0 Å². The van der Waals surface area contributed by atoms with Gasteiger partial charge < -0.3 is 4.74 Å². The minimum Gasteiger partial charge on any atom is -0.463 e. The molecule has 0 amide bonds. The average molecular weight is 322 g/mol. The van der Waals surface area contributed by atoms with Gasteiger partial charge in [0, 0.05) is 0 Å². The lowest BCUT2D eigenvalue weighted by Crippen LogP contribution is -2.41. The predicted octanol–water partition coefficient (Wildman–Crippen LogP) is 1.83. The minimum absolute atomic E-state index is 0.117. The molecule has 0 aromatic heterocycles. The van der Waals surface area contributed by atoms with Crippen molar-refractivity contribution in [3.63, 3.8) is 0 Å². The zero-order valence-corrected chi connectivity index (χ0v) is 12.9. The van der Waals surface area contributed by atoms with Crippen molar-refractivity contribution >= 4 is 39.6 Å². The van der Waals surface area contributed by atoms with Crippen molar-refractivity contribution in [2.45, 2.75) is 33.2 Å². The maximum atomic E-state index is 11.7. The van der Waals surface area contributed by atoms with Gasteiger partial charge in [-0.15, -0.1) is 3.94 Å². The summed E-state index contributed by atoms with van der Waals surface area (Å²) < 4.78 is 36.0. The Morgan fingerprint density at radius 1 is 1.28 bits per heavy atom. The smallest absolute Gasteiger partial charge is 0.312 e. The summed E-state index contributed by atoms with van der Waals surface area (Å²) in [7, 11) is -4.26. The van der Waals surface area contributed by atoms with Gasteiger partial charge in [0.1, 0.15) is 6.61 Å². The van der Waals surface area contributed by atoms with E-state index in [4.69, 9.17) is 32.8 Å². The lowest BCUT2D eigenvalue weighted by molar-refractivity contribution is -0.155. The first-order valence-corrected chi connectivity index (χ1v) is 7.31. The Bertz CT molecular complexity index is 405. The molecule has 0 radical (unpaired) electrons. The van der Waals surface area contributed by atoms with Crippen molar-refractivity contribution in [3.8, 4) is 0 Å². The predicted molar refractivity (Wildman–Crippen MR) is 68.8 cm³/mol. The monoisotopic (exact) mass is 321 g/mol. The van der Waals surface area contributed by atoms with Crippen LogP contribution in [-0.4, -0.2) is 40.8 Å². The molecule has 0 aromatic carbocycles. The standard InChI is InChI=1S/C9H17Cl2NO5S/c1-8(2,6-18(14,15)16)7(13)17-5-9(3,4)12(10)11/h5-6H2,1-4H3,(H,14,15,16). The van der Waals surface area contributed by atoms with E-state index in [0.717, 1.165) is 3.94 Å². The van der Waals surface area contributed by atoms with Gasteiger partial charge in [0.25, 0.3) is 10.1 Å². The van der Waals surface area contributed by atoms with E-state index in [2.05, 4.69) is 0 Å². The summed E-state index contributed by atoms with van der Waals surface area (Å²) in [5, 5.41) is 0. The number of esters is 1. The van der Waals surface area contributed by atoms with Crippen LogP contribution >= 0.6 is 23.6 Å². The van der Waals surface area contributed by atoms with Crippen molar-refractivity contribution in [2.24, 2.45) is 5.41 Å². The molecule has 0 rings (SSSR count). The summed E-state index contributed by atoms with van der Waals surface area (Å²) >= 11 is 11.1. The number of ether oxygens (including phenoxy) is 1. The van der Waals surface area contributed by atoms with E-state index in [1.165, 1.54) is 13.8 Å². The molecule has 0 saturated heterocycles. The number of carbonyl (C=O) groups is 1. The molecular weight excluding hydrogens is 305 g/mol. The summed E-state index contributed by atoms with van der Waals surface area (Å²) in [4.78, 5) is 11.7. The SMILES string of the molecule is CC(C)(CS(=O)(=O)O)C(=O)OCC(C)(C)N(Cl)Cl. The Morgan fingerprint density at radius 3 is 2.06 bits per heavy atom. The highest BCUT2D eigenvalue weighted by Crippen LogP contribution is 2.24. The van der Waals surface area contributed by atoms with Crippen LogP contribution in [0.5, 0.6) is 0 Å². The lowest BCUT2D eigenvalue weighted by atomic mass is 9.97. The van der Waals surface area contributed by atoms with Crippen molar-refractivity contribution in [1.29, 1.82) is 0 Å². The first kappa shape index (κ1) is 17.9. The molecule has 0 heterocycles. The van der Waals surface area contributed by atoms with Gasteiger partial charge in [-0.1, -0.05) is 0 Å². The summed E-state index contributed by atoms with van der Waals surface area (Å²) in [5.74, 6) is -1.48. The molecule has 0 aliphatic heterocycles. The second-order valence-electron chi connectivity index (χ2n) is 5.23. The third kappa shape index (κ3) is 6.19. The van der Waals surface area contributed by atoms with Crippen LogP contribution in [0.25, 0.3) is 0 Å². The van der Waals surface area contributed by atoms with Gasteiger partial charge in [-0.25, -0.2) is 0 Å². The lowest BCUT2D eigenvalue weighted by Gasteiger charge is -2.29. The summed E-state index contributed by atoms with van der Waals surface area (Å²) in [6, 6.07) is 0. The molecule has 18 heavy (non-hydrogen) atoms. The van der Waals surface area contributed by atoms with Crippen LogP contribution in [0.1, 0.15) is 27.7 Å². The van der Waals surface area contributed by atoms with Gasteiger partial charge in [-0.05, 0) is 51.2 Å². The number of halogens is 2. The van der Waals surface area contributed by atoms with E-state index in [-0.39, 0.29) is 6.61 Å². The Hall–Kier alpha value is -0.0800. The maximum Gasteiger partial charge on any atom is 0.312 e. The molecule has 0 saturated carbocycles. The largest absolute Gasteiger partial charge is 0.463 e. The zero-order valence-electron chi connectivity index (χ0n) is 10.6. The summed E-state index contributed by atoms with van der Waals surface area (Å²) in [5.41, 5.74) is -2.17. The van der Waals surface area contributed by atoms with Gasteiger partial charge in [-0.2, -0.15) is 8.42 Å².